The zero-order chi connectivity index (χ0) is 12.5. The monoisotopic (exact) mass is 258 g/mol. The van der Waals surface area contributed by atoms with Crippen LogP contribution >= 0.6 is 0 Å². The molecule has 0 atom stereocenters. The molecule has 0 radical (unpaired) electrons. The van der Waals surface area contributed by atoms with E-state index in [1.165, 1.54) is 0 Å². The fourth-order valence-corrected chi connectivity index (χ4v) is 3.14. The van der Waals surface area contributed by atoms with Gasteiger partial charge in [0, 0.05) is 40.0 Å². The van der Waals surface area contributed by atoms with Crippen LogP contribution in [0.4, 0.5) is 0 Å². The predicted octanol–water partition coefficient (Wildman–Crippen LogP) is 0.479. The van der Waals surface area contributed by atoms with Crippen molar-refractivity contribution in [1.82, 2.24) is 9.80 Å². The molecule has 0 N–H and O–H groups in total. The second kappa shape index (κ2) is 4.64. The summed E-state index contributed by atoms with van der Waals surface area (Å²) in [6, 6.07) is 0. The van der Waals surface area contributed by atoms with Gasteiger partial charge in [0.15, 0.2) is 0 Å². The largest absolute Gasteiger partial charge is 0.366 e. The van der Waals surface area contributed by atoms with Gasteiger partial charge in [0.25, 0.3) is 0 Å². The Morgan fingerprint density at radius 1 is 0.941 bits per heavy atom. The first-order valence-electron chi connectivity index (χ1n) is 5.83. The van der Waals surface area contributed by atoms with E-state index < -0.39 is 10.2 Å². The van der Waals surface area contributed by atoms with Crippen molar-refractivity contribution in [1.29, 1.82) is 0 Å². The Morgan fingerprint density at radius 3 is 1.65 bits per heavy atom. The van der Waals surface area contributed by atoms with Crippen LogP contribution in [0.3, 0.4) is 0 Å². The highest BCUT2D eigenvalue weighted by atomic mass is 32.2. The maximum Gasteiger partial charge on any atom is 0.366 e. The number of hydrogen-bond donors (Lipinski definition) is 0. The van der Waals surface area contributed by atoms with Gasteiger partial charge in [-0.3, -0.25) is 0 Å². The smallest absolute Gasteiger partial charge is 0.362 e. The molecule has 2 saturated heterocycles. The van der Waals surface area contributed by atoms with Crippen molar-refractivity contribution >= 4 is 21.9 Å². The summed E-state index contributed by atoms with van der Waals surface area (Å²) in [4.78, 5) is 3.74. The van der Waals surface area contributed by atoms with Crippen molar-refractivity contribution in [2.24, 2.45) is 8.80 Å². The van der Waals surface area contributed by atoms with Gasteiger partial charge in [-0.1, -0.05) is 0 Å². The Bertz CT molecular complexity index is 419. The van der Waals surface area contributed by atoms with Crippen LogP contribution in [0.2, 0.25) is 0 Å². The van der Waals surface area contributed by atoms with Crippen LogP contribution in [0.5, 0.6) is 0 Å². The van der Waals surface area contributed by atoms with E-state index in [-0.39, 0.29) is 0 Å². The summed E-state index contributed by atoms with van der Waals surface area (Å²) < 4.78 is 31.2. The summed E-state index contributed by atoms with van der Waals surface area (Å²) in [7, 11) is -0.00700. The van der Waals surface area contributed by atoms with Crippen molar-refractivity contribution < 1.29 is 8.42 Å². The molecule has 0 aromatic carbocycles. The molecule has 2 aliphatic heterocycles. The van der Waals surface area contributed by atoms with E-state index in [2.05, 4.69) is 8.80 Å². The van der Waals surface area contributed by atoms with Gasteiger partial charge in [-0.05, 0) is 12.8 Å². The number of rotatable bonds is 2. The van der Waals surface area contributed by atoms with Crippen molar-refractivity contribution in [2.45, 2.75) is 25.7 Å². The van der Waals surface area contributed by atoms with E-state index in [1.54, 1.807) is 0 Å². The molecule has 0 saturated carbocycles. The number of amidine groups is 2. The highest BCUT2D eigenvalue weighted by Gasteiger charge is 2.21. The molecule has 6 nitrogen and oxygen atoms in total. The van der Waals surface area contributed by atoms with E-state index in [4.69, 9.17) is 0 Å². The van der Waals surface area contributed by atoms with Crippen LogP contribution in [-0.2, 0) is 10.2 Å². The Balaban J connectivity index is 2.20. The van der Waals surface area contributed by atoms with E-state index in [1.807, 2.05) is 23.9 Å². The number of hydrogen-bond acceptors (Lipinski definition) is 2. The third-order valence-electron chi connectivity index (χ3n) is 3.11. The molecule has 2 fully saturated rings. The molecule has 2 heterocycles. The minimum absolute atomic E-state index is 0.620. The fraction of sp³-hybridized carbons (Fsp3) is 0.800. The summed E-state index contributed by atoms with van der Waals surface area (Å²) in [6.07, 6.45) is 3.36. The highest BCUT2D eigenvalue weighted by molar-refractivity contribution is 7.89. The lowest BCUT2D eigenvalue weighted by Crippen LogP contribution is -2.22. The van der Waals surface area contributed by atoms with E-state index in [0.717, 1.165) is 38.8 Å². The highest BCUT2D eigenvalue weighted by Crippen LogP contribution is 2.14. The standard InChI is InChI=1S/C10H18N4O2S/c1-13-7-3-5-9(13)11-17(15,16)12-10-6-4-8-14(10)2/h3-8H2,1-2H3/b11-9-,12-10-. The lowest BCUT2D eigenvalue weighted by atomic mass is 10.4. The molecule has 0 aliphatic carbocycles. The molecular weight excluding hydrogens is 240 g/mol. The van der Waals surface area contributed by atoms with Crippen LogP contribution in [0.25, 0.3) is 0 Å². The van der Waals surface area contributed by atoms with Crippen LogP contribution in [0.15, 0.2) is 8.80 Å². The maximum atomic E-state index is 11.8. The topological polar surface area (TPSA) is 65.3 Å². The molecule has 2 rings (SSSR count). The molecule has 0 bridgehead atoms. The molecule has 0 aromatic heterocycles. The van der Waals surface area contributed by atoms with E-state index in [9.17, 15) is 8.42 Å². The number of likely N-dealkylation sites (tertiary alicyclic amines) is 2. The predicted molar refractivity (Wildman–Crippen MR) is 67.5 cm³/mol. The van der Waals surface area contributed by atoms with Crippen molar-refractivity contribution in [3.05, 3.63) is 0 Å². The summed E-state index contributed by atoms with van der Waals surface area (Å²) in [5, 5.41) is 0. The summed E-state index contributed by atoms with van der Waals surface area (Å²) in [5.41, 5.74) is 0. The normalized spacial score (nSPS) is 26.5. The molecule has 0 amide bonds. The molecule has 17 heavy (non-hydrogen) atoms. The second-order valence-electron chi connectivity index (χ2n) is 4.51. The Morgan fingerprint density at radius 2 is 1.35 bits per heavy atom. The average Bonchev–Trinajstić information content (AvgIpc) is 2.78. The minimum Gasteiger partial charge on any atom is -0.362 e. The Labute approximate surface area is 102 Å². The third kappa shape index (κ3) is 2.96. The van der Waals surface area contributed by atoms with Crippen molar-refractivity contribution in [2.75, 3.05) is 27.2 Å². The first-order valence-corrected chi connectivity index (χ1v) is 7.22. The summed E-state index contributed by atoms with van der Waals surface area (Å²) >= 11 is 0. The molecule has 2 aliphatic rings. The Hall–Kier alpha value is -1.11. The van der Waals surface area contributed by atoms with E-state index >= 15 is 0 Å². The van der Waals surface area contributed by atoms with Crippen LogP contribution < -0.4 is 0 Å². The van der Waals surface area contributed by atoms with Crippen LogP contribution in [0, 0.1) is 0 Å². The quantitative estimate of drug-likeness (QED) is 0.722. The zero-order valence-corrected chi connectivity index (χ0v) is 11.1. The molecular formula is C10H18N4O2S. The van der Waals surface area contributed by atoms with Gasteiger partial charge in [-0.2, -0.15) is 8.42 Å². The van der Waals surface area contributed by atoms with Crippen LogP contribution in [-0.4, -0.2) is 57.1 Å². The summed E-state index contributed by atoms with van der Waals surface area (Å²) in [5.74, 6) is 1.24. The third-order valence-corrected chi connectivity index (χ3v) is 3.99. The minimum atomic E-state index is -3.72. The van der Waals surface area contributed by atoms with Gasteiger partial charge < -0.3 is 9.80 Å². The first kappa shape index (κ1) is 12.3. The molecule has 0 spiro atoms. The lowest BCUT2D eigenvalue weighted by Gasteiger charge is -2.11. The maximum absolute atomic E-state index is 11.8. The van der Waals surface area contributed by atoms with Gasteiger partial charge in [0.05, 0.1) is 0 Å². The molecule has 7 heteroatoms. The SMILES string of the molecule is CN1CCC/C1=N/S(=O)(=O)/N=C1/CCCN1C. The van der Waals surface area contributed by atoms with Crippen LogP contribution in [0.1, 0.15) is 25.7 Å². The molecule has 96 valence electrons. The lowest BCUT2D eigenvalue weighted by molar-refractivity contribution is 0.546. The van der Waals surface area contributed by atoms with Gasteiger partial charge in [0.1, 0.15) is 11.7 Å². The average molecular weight is 258 g/mol. The van der Waals surface area contributed by atoms with Crippen molar-refractivity contribution in [3.8, 4) is 0 Å². The van der Waals surface area contributed by atoms with Gasteiger partial charge in [-0.25, -0.2) is 0 Å². The van der Waals surface area contributed by atoms with Gasteiger partial charge in [0.2, 0.25) is 0 Å². The van der Waals surface area contributed by atoms with Gasteiger partial charge >= 0.3 is 10.2 Å². The fourth-order valence-electron chi connectivity index (χ4n) is 2.11. The number of nitrogens with zero attached hydrogens (tertiary/aromatic N) is 4. The Kier molecular flexibility index (Phi) is 3.37. The summed E-state index contributed by atoms with van der Waals surface area (Å²) in [6.45, 7) is 1.73. The van der Waals surface area contributed by atoms with Gasteiger partial charge in [-0.15, -0.1) is 8.80 Å². The second-order valence-corrected chi connectivity index (χ2v) is 5.77. The van der Waals surface area contributed by atoms with E-state index in [0.29, 0.717) is 11.7 Å². The zero-order valence-electron chi connectivity index (χ0n) is 10.3. The molecule has 0 unspecified atom stereocenters. The molecule has 0 aromatic rings. The van der Waals surface area contributed by atoms with Crippen molar-refractivity contribution in [3.63, 3.8) is 0 Å². The first-order chi connectivity index (χ1) is 7.98.